The Labute approximate surface area is 176 Å². The first-order valence-electron chi connectivity index (χ1n) is 9.49. The molecule has 0 atom stereocenters. The zero-order valence-electron chi connectivity index (χ0n) is 16.3. The van der Waals surface area contributed by atoms with Gasteiger partial charge in [-0.1, -0.05) is 18.2 Å². The average Bonchev–Trinajstić information content (AvgIpc) is 3.43. The van der Waals surface area contributed by atoms with Crippen LogP contribution in [0.1, 0.15) is 34.7 Å². The van der Waals surface area contributed by atoms with Crippen molar-refractivity contribution in [1.82, 2.24) is 5.32 Å². The summed E-state index contributed by atoms with van der Waals surface area (Å²) in [4.78, 5) is 35.6. The van der Waals surface area contributed by atoms with Crippen molar-refractivity contribution in [3.8, 4) is 5.75 Å². The van der Waals surface area contributed by atoms with Crippen molar-refractivity contribution in [2.45, 2.75) is 19.4 Å². The number of aliphatic carboxylic acids is 1. The number of fused-ring (bicyclic) bond motifs is 1. The fourth-order valence-electron chi connectivity index (χ4n) is 3.19. The normalized spacial score (nSPS) is 14.1. The minimum atomic E-state index is -1.34. The molecule has 1 saturated carbocycles. The Bertz CT molecular complexity index is 1220. The Morgan fingerprint density at radius 2 is 1.81 bits per heavy atom. The number of carboxylic acids is 1. The van der Waals surface area contributed by atoms with E-state index in [1.54, 1.807) is 36.4 Å². The van der Waals surface area contributed by atoms with Crippen LogP contribution in [0.25, 0.3) is 10.8 Å². The van der Waals surface area contributed by atoms with Crippen molar-refractivity contribution in [2.24, 2.45) is 11.1 Å². The minimum Gasteiger partial charge on any atom is -0.480 e. The van der Waals surface area contributed by atoms with Crippen molar-refractivity contribution in [1.29, 1.82) is 5.41 Å². The fourth-order valence-corrected chi connectivity index (χ4v) is 3.19. The van der Waals surface area contributed by atoms with E-state index in [1.807, 2.05) is 0 Å². The SMILES string of the molecule is N=C(N)c1ccc2cc(OC(=O)c3ccc(CNC(=O)C4(C(=O)O)CC4)o3)ccc2c1. The van der Waals surface area contributed by atoms with Gasteiger partial charge in [0.25, 0.3) is 0 Å². The van der Waals surface area contributed by atoms with E-state index in [2.05, 4.69) is 5.32 Å². The molecule has 4 rings (SSSR count). The smallest absolute Gasteiger partial charge is 0.379 e. The molecule has 1 aliphatic rings. The number of benzene rings is 2. The third kappa shape index (κ3) is 3.97. The Kier molecular flexibility index (Phi) is 4.94. The number of nitrogen functional groups attached to an aromatic ring is 1. The number of carbonyl (C=O) groups excluding carboxylic acids is 2. The second-order valence-electron chi connectivity index (χ2n) is 7.36. The number of hydrogen-bond acceptors (Lipinski definition) is 6. The highest BCUT2D eigenvalue weighted by atomic mass is 16.5. The van der Waals surface area contributed by atoms with Crippen molar-refractivity contribution in [3.63, 3.8) is 0 Å². The van der Waals surface area contributed by atoms with E-state index in [9.17, 15) is 14.4 Å². The largest absolute Gasteiger partial charge is 0.480 e. The first-order chi connectivity index (χ1) is 14.8. The lowest BCUT2D eigenvalue weighted by molar-refractivity contribution is -0.149. The molecule has 1 aliphatic carbocycles. The maximum atomic E-state index is 12.4. The number of ether oxygens (including phenoxy) is 1. The van der Waals surface area contributed by atoms with Crippen molar-refractivity contribution in [2.75, 3.05) is 0 Å². The van der Waals surface area contributed by atoms with Crippen LogP contribution in [-0.2, 0) is 16.1 Å². The topological polar surface area (TPSA) is 156 Å². The number of amidine groups is 1. The van der Waals surface area contributed by atoms with Gasteiger partial charge in [0.2, 0.25) is 11.7 Å². The molecule has 1 heterocycles. The summed E-state index contributed by atoms with van der Waals surface area (Å²) in [6.45, 7) is -0.0321. The minimum absolute atomic E-state index is 0.0301. The molecule has 1 aromatic heterocycles. The van der Waals surface area contributed by atoms with Gasteiger partial charge in [-0.3, -0.25) is 15.0 Å². The molecule has 1 amide bonds. The van der Waals surface area contributed by atoms with Crippen LogP contribution >= 0.6 is 0 Å². The first kappa shape index (κ1) is 20.1. The van der Waals surface area contributed by atoms with Gasteiger partial charge >= 0.3 is 11.9 Å². The number of carboxylic acid groups (broad SMARTS) is 1. The van der Waals surface area contributed by atoms with E-state index in [1.165, 1.54) is 12.1 Å². The molecular weight excluding hydrogens is 402 g/mol. The van der Waals surface area contributed by atoms with Gasteiger partial charge in [-0.05, 0) is 53.9 Å². The number of rotatable bonds is 7. The highest BCUT2D eigenvalue weighted by Gasteiger charge is 2.57. The molecule has 3 aromatic rings. The van der Waals surface area contributed by atoms with Crippen LogP contribution in [0.3, 0.4) is 0 Å². The van der Waals surface area contributed by atoms with E-state index in [0.29, 0.717) is 29.9 Å². The Balaban J connectivity index is 1.39. The lowest BCUT2D eigenvalue weighted by Crippen LogP contribution is -2.36. The Morgan fingerprint density at radius 3 is 2.48 bits per heavy atom. The van der Waals surface area contributed by atoms with Crippen LogP contribution < -0.4 is 15.8 Å². The molecule has 0 unspecified atom stereocenters. The standard InChI is InChI=1S/C22H19N3O6/c23-18(24)14-2-1-13-10-15(4-3-12(13)9-14)31-19(26)17-6-5-16(30-17)11-25-20(27)22(7-8-22)21(28)29/h1-6,9-10H,7-8,11H2,(H3,23,24)(H,25,27)(H,28,29). The van der Waals surface area contributed by atoms with Crippen LogP contribution in [0, 0.1) is 10.8 Å². The van der Waals surface area contributed by atoms with E-state index >= 15 is 0 Å². The maximum absolute atomic E-state index is 12.4. The van der Waals surface area contributed by atoms with Crippen molar-refractivity contribution in [3.05, 3.63) is 65.6 Å². The van der Waals surface area contributed by atoms with Crippen LogP contribution in [-0.4, -0.2) is 28.8 Å². The van der Waals surface area contributed by atoms with Gasteiger partial charge < -0.3 is 25.3 Å². The third-order valence-electron chi connectivity index (χ3n) is 5.21. The number of nitrogens with two attached hydrogens (primary N) is 1. The number of nitrogens with one attached hydrogen (secondary N) is 2. The summed E-state index contributed by atoms with van der Waals surface area (Å²) in [5.74, 6) is -1.87. The summed E-state index contributed by atoms with van der Waals surface area (Å²) in [6, 6.07) is 13.3. The molecule has 31 heavy (non-hydrogen) atoms. The molecule has 9 nitrogen and oxygen atoms in total. The van der Waals surface area contributed by atoms with E-state index in [0.717, 1.165) is 10.8 Å². The summed E-state index contributed by atoms with van der Waals surface area (Å²) < 4.78 is 10.8. The van der Waals surface area contributed by atoms with Gasteiger partial charge in [0.05, 0.1) is 6.54 Å². The highest BCUT2D eigenvalue weighted by molar-refractivity contribution is 6.04. The third-order valence-corrected chi connectivity index (χ3v) is 5.21. The number of carbonyl (C=O) groups is 3. The first-order valence-corrected chi connectivity index (χ1v) is 9.49. The van der Waals surface area contributed by atoms with Gasteiger partial charge in [-0.15, -0.1) is 0 Å². The molecule has 0 spiro atoms. The van der Waals surface area contributed by atoms with E-state index in [4.69, 9.17) is 25.4 Å². The van der Waals surface area contributed by atoms with Crippen LogP contribution in [0.4, 0.5) is 0 Å². The summed E-state index contributed by atoms with van der Waals surface area (Å²) >= 11 is 0. The van der Waals surface area contributed by atoms with Crippen LogP contribution in [0.2, 0.25) is 0 Å². The molecule has 2 aromatic carbocycles. The molecule has 0 radical (unpaired) electrons. The monoisotopic (exact) mass is 421 g/mol. The van der Waals surface area contributed by atoms with Gasteiger partial charge in [-0.2, -0.15) is 0 Å². The van der Waals surface area contributed by atoms with Gasteiger partial charge in [0.1, 0.15) is 22.8 Å². The van der Waals surface area contributed by atoms with Crippen molar-refractivity contribution >= 4 is 34.5 Å². The summed E-state index contributed by atoms with van der Waals surface area (Å²) in [7, 11) is 0. The molecule has 1 fully saturated rings. The van der Waals surface area contributed by atoms with Gasteiger partial charge in [-0.25, -0.2) is 4.79 Å². The molecule has 0 aliphatic heterocycles. The predicted octanol–water partition coefficient (Wildman–Crippen LogP) is 2.42. The molecule has 9 heteroatoms. The zero-order chi connectivity index (χ0) is 22.2. The zero-order valence-corrected chi connectivity index (χ0v) is 16.3. The van der Waals surface area contributed by atoms with Crippen LogP contribution in [0.5, 0.6) is 5.75 Å². The number of esters is 1. The molecular formula is C22H19N3O6. The Hall–Kier alpha value is -4.14. The van der Waals surface area contributed by atoms with Crippen molar-refractivity contribution < 1.29 is 28.6 Å². The number of amides is 1. The van der Waals surface area contributed by atoms with E-state index < -0.39 is 23.3 Å². The summed E-state index contributed by atoms with van der Waals surface area (Å²) in [5.41, 5.74) is 4.76. The fraction of sp³-hybridized carbons (Fsp3) is 0.182. The highest BCUT2D eigenvalue weighted by Crippen LogP contribution is 2.46. The summed E-state index contributed by atoms with van der Waals surface area (Å²) in [5, 5.41) is 20.8. The van der Waals surface area contributed by atoms with Crippen LogP contribution in [0.15, 0.2) is 52.9 Å². The maximum Gasteiger partial charge on any atom is 0.379 e. The summed E-state index contributed by atoms with van der Waals surface area (Å²) in [6.07, 6.45) is 0.622. The number of hydrogen-bond donors (Lipinski definition) is 4. The van der Waals surface area contributed by atoms with Gasteiger partial charge in [0, 0.05) is 5.56 Å². The predicted molar refractivity (Wildman–Crippen MR) is 110 cm³/mol. The molecule has 5 N–H and O–H groups in total. The second-order valence-corrected chi connectivity index (χ2v) is 7.36. The quantitative estimate of drug-likeness (QED) is 0.150. The van der Waals surface area contributed by atoms with E-state index in [-0.39, 0.29) is 18.1 Å². The molecule has 0 bridgehead atoms. The molecule has 158 valence electrons. The lowest BCUT2D eigenvalue weighted by Gasteiger charge is -2.09. The second kappa shape index (κ2) is 7.60. The average molecular weight is 421 g/mol. The van der Waals surface area contributed by atoms with Gasteiger partial charge in [0.15, 0.2) is 0 Å². The lowest BCUT2D eigenvalue weighted by atomic mass is 10.1. The molecule has 0 saturated heterocycles. The Morgan fingerprint density at radius 1 is 1.10 bits per heavy atom. The number of furan rings is 1.